The van der Waals surface area contributed by atoms with E-state index in [0.29, 0.717) is 25.2 Å². The Morgan fingerprint density at radius 2 is 1.83 bits per heavy atom. The Morgan fingerprint density at radius 3 is 2.50 bits per heavy atom. The van der Waals surface area contributed by atoms with Gasteiger partial charge in [-0.05, 0) is 44.7 Å². The summed E-state index contributed by atoms with van der Waals surface area (Å²) in [5, 5.41) is 3.39. The minimum atomic E-state index is -0.124. The van der Waals surface area contributed by atoms with Gasteiger partial charge in [0.2, 0.25) is 0 Å². The Bertz CT molecular complexity index is 526. The van der Waals surface area contributed by atoms with E-state index in [4.69, 9.17) is 10.5 Å². The number of nitrogens with two attached hydrogens (primary N) is 1. The summed E-state index contributed by atoms with van der Waals surface area (Å²) in [6.45, 7) is 7.44. The van der Waals surface area contributed by atoms with Gasteiger partial charge in [-0.15, -0.1) is 0 Å². The predicted octanol–water partition coefficient (Wildman–Crippen LogP) is 4.13. The van der Waals surface area contributed by atoms with Crippen molar-refractivity contribution in [3.63, 3.8) is 0 Å². The van der Waals surface area contributed by atoms with Crippen molar-refractivity contribution in [2.75, 3.05) is 0 Å². The monoisotopic (exact) mass is 331 g/mol. The lowest BCUT2D eigenvalue weighted by Gasteiger charge is -2.19. The van der Waals surface area contributed by atoms with Crippen molar-refractivity contribution in [3.05, 3.63) is 35.4 Å². The van der Waals surface area contributed by atoms with Crippen LogP contribution in [0.1, 0.15) is 70.4 Å². The molecule has 3 N–H and O–H groups in total. The van der Waals surface area contributed by atoms with Crippen LogP contribution in [-0.2, 0) is 17.9 Å². The summed E-state index contributed by atoms with van der Waals surface area (Å²) in [5.74, 6) is 0.568. The Balaban J connectivity index is 1.85. The quantitative estimate of drug-likeness (QED) is 0.484. The molecule has 1 fully saturated rings. The van der Waals surface area contributed by atoms with Gasteiger partial charge in [-0.3, -0.25) is 0 Å². The molecule has 1 saturated carbocycles. The van der Waals surface area contributed by atoms with Crippen LogP contribution in [0.2, 0.25) is 0 Å². The summed E-state index contributed by atoms with van der Waals surface area (Å²) in [6, 6.07) is 8.87. The van der Waals surface area contributed by atoms with Crippen LogP contribution in [0.3, 0.4) is 0 Å². The van der Waals surface area contributed by atoms with E-state index in [1.165, 1.54) is 44.1 Å². The highest BCUT2D eigenvalue weighted by Gasteiger charge is 2.12. The van der Waals surface area contributed by atoms with Crippen molar-refractivity contribution in [2.24, 2.45) is 10.7 Å². The second-order valence-corrected chi connectivity index (χ2v) is 7.76. The average Bonchev–Trinajstić information content (AvgIpc) is 2.79. The van der Waals surface area contributed by atoms with Crippen LogP contribution in [0.25, 0.3) is 0 Å². The third-order valence-corrected chi connectivity index (χ3v) is 4.30. The van der Waals surface area contributed by atoms with Crippen molar-refractivity contribution in [1.29, 1.82) is 0 Å². The number of aliphatic imine (C=N–C) groups is 1. The van der Waals surface area contributed by atoms with Crippen LogP contribution in [0.15, 0.2) is 29.3 Å². The third-order valence-electron chi connectivity index (χ3n) is 4.30. The highest BCUT2D eigenvalue weighted by atomic mass is 16.5. The molecular formula is C20H33N3O. The molecule has 1 aromatic rings. The Kier molecular flexibility index (Phi) is 7.10. The molecule has 0 amide bonds. The molecule has 134 valence electrons. The van der Waals surface area contributed by atoms with E-state index in [0.717, 1.165) is 5.56 Å². The van der Waals surface area contributed by atoms with Gasteiger partial charge in [-0.1, -0.05) is 49.9 Å². The molecule has 1 aliphatic carbocycles. The fourth-order valence-electron chi connectivity index (χ4n) is 2.97. The maximum atomic E-state index is 6.07. The lowest BCUT2D eigenvalue weighted by molar-refractivity contribution is -0.0149. The summed E-state index contributed by atoms with van der Waals surface area (Å²) >= 11 is 0. The highest BCUT2D eigenvalue weighted by Crippen LogP contribution is 2.17. The zero-order valence-electron chi connectivity index (χ0n) is 15.5. The predicted molar refractivity (Wildman–Crippen MR) is 101 cm³/mol. The molecule has 0 heterocycles. The molecule has 0 aliphatic heterocycles. The molecule has 4 heteroatoms. The summed E-state index contributed by atoms with van der Waals surface area (Å²) in [6.07, 6.45) is 7.69. The fraction of sp³-hybridized carbons (Fsp3) is 0.650. The average molecular weight is 332 g/mol. The van der Waals surface area contributed by atoms with Crippen molar-refractivity contribution in [3.8, 4) is 0 Å². The zero-order chi connectivity index (χ0) is 17.4. The van der Waals surface area contributed by atoms with Gasteiger partial charge in [0.25, 0.3) is 0 Å². The summed E-state index contributed by atoms with van der Waals surface area (Å²) in [4.78, 5) is 4.51. The highest BCUT2D eigenvalue weighted by molar-refractivity contribution is 5.78. The minimum absolute atomic E-state index is 0.124. The molecule has 1 aromatic carbocycles. The summed E-state index contributed by atoms with van der Waals surface area (Å²) in [7, 11) is 0. The van der Waals surface area contributed by atoms with Gasteiger partial charge < -0.3 is 15.8 Å². The smallest absolute Gasteiger partial charge is 0.189 e. The molecule has 0 saturated heterocycles. The molecule has 4 nitrogen and oxygen atoms in total. The van der Waals surface area contributed by atoms with Gasteiger partial charge in [-0.2, -0.15) is 0 Å². The molecule has 24 heavy (non-hydrogen) atoms. The van der Waals surface area contributed by atoms with Crippen molar-refractivity contribution >= 4 is 5.96 Å². The first kappa shape index (κ1) is 18.8. The number of nitrogens with one attached hydrogen (secondary N) is 1. The SMILES string of the molecule is CC(C)(C)OCc1cccc(CN=C(N)NC2CCCCCC2)c1. The van der Waals surface area contributed by atoms with Gasteiger partial charge in [-0.25, -0.2) is 4.99 Å². The first-order valence-corrected chi connectivity index (χ1v) is 9.20. The van der Waals surface area contributed by atoms with Crippen molar-refractivity contribution in [1.82, 2.24) is 5.32 Å². The topological polar surface area (TPSA) is 59.6 Å². The number of ether oxygens (including phenoxy) is 1. The van der Waals surface area contributed by atoms with E-state index in [1.807, 2.05) is 0 Å². The van der Waals surface area contributed by atoms with Crippen LogP contribution in [0.5, 0.6) is 0 Å². The molecule has 2 rings (SSSR count). The number of benzene rings is 1. The van der Waals surface area contributed by atoms with E-state index < -0.39 is 0 Å². The number of guanidine groups is 1. The number of hydrogen-bond donors (Lipinski definition) is 2. The fourth-order valence-corrected chi connectivity index (χ4v) is 2.97. The zero-order valence-corrected chi connectivity index (χ0v) is 15.5. The third kappa shape index (κ3) is 7.35. The largest absolute Gasteiger partial charge is 0.371 e. The maximum Gasteiger partial charge on any atom is 0.189 e. The number of nitrogens with zero attached hydrogens (tertiary/aromatic N) is 1. The second-order valence-electron chi connectivity index (χ2n) is 7.76. The molecule has 0 radical (unpaired) electrons. The van der Waals surface area contributed by atoms with Gasteiger partial charge in [0.1, 0.15) is 0 Å². The van der Waals surface area contributed by atoms with Crippen LogP contribution in [0.4, 0.5) is 0 Å². The van der Waals surface area contributed by atoms with E-state index in [1.54, 1.807) is 0 Å². The first-order chi connectivity index (χ1) is 11.4. The van der Waals surface area contributed by atoms with E-state index >= 15 is 0 Å². The standard InChI is InChI=1S/C20H33N3O/c1-20(2,3)24-15-17-10-8-9-16(13-17)14-22-19(21)23-18-11-6-4-5-7-12-18/h8-10,13,18H,4-7,11-12,14-15H2,1-3H3,(H3,21,22,23). The van der Waals surface area contributed by atoms with Gasteiger partial charge in [0.15, 0.2) is 5.96 Å². The van der Waals surface area contributed by atoms with Crippen LogP contribution in [-0.4, -0.2) is 17.6 Å². The molecule has 0 bridgehead atoms. The van der Waals surface area contributed by atoms with Crippen LogP contribution < -0.4 is 11.1 Å². The van der Waals surface area contributed by atoms with Gasteiger partial charge in [0, 0.05) is 6.04 Å². The molecule has 0 spiro atoms. The molecule has 0 atom stereocenters. The summed E-state index contributed by atoms with van der Waals surface area (Å²) < 4.78 is 5.84. The maximum absolute atomic E-state index is 6.07. The molecule has 0 aromatic heterocycles. The Labute approximate surface area is 146 Å². The van der Waals surface area contributed by atoms with E-state index in [2.05, 4.69) is 55.3 Å². The first-order valence-electron chi connectivity index (χ1n) is 9.20. The summed E-state index contributed by atoms with van der Waals surface area (Å²) in [5.41, 5.74) is 8.28. The Morgan fingerprint density at radius 1 is 1.17 bits per heavy atom. The molecule has 1 aliphatic rings. The van der Waals surface area contributed by atoms with Crippen molar-refractivity contribution < 1.29 is 4.74 Å². The Hall–Kier alpha value is -1.55. The van der Waals surface area contributed by atoms with Crippen molar-refractivity contribution in [2.45, 2.75) is 84.1 Å². The lowest BCUT2D eigenvalue weighted by atomic mass is 10.1. The van der Waals surface area contributed by atoms with Gasteiger partial charge in [0.05, 0.1) is 18.8 Å². The lowest BCUT2D eigenvalue weighted by Crippen LogP contribution is -2.39. The number of hydrogen-bond acceptors (Lipinski definition) is 2. The minimum Gasteiger partial charge on any atom is -0.371 e. The van der Waals surface area contributed by atoms with Crippen LogP contribution in [0, 0.1) is 0 Å². The number of rotatable bonds is 5. The molecule has 0 unspecified atom stereocenters. The van der Waals surface area contributed by atoms with Crippen LogP contribution >= 0.6 is 0 Å². The van der Waals surface area contributed by atoms with E-state index in [-0.39, 0.29) is 5.60 Å². The normalized spacial score (nSPS) is 17.5. The second kappa shape index (κ2) is 9.07. The molecular weight excluding hydrogens is 298 g/mol. The van der Waals surface area contributed by atoms with Gasteiger partial charge >= 0.3 is 0 Å². The van der Waals surface area contributed by atoms with E-state index in [9.17, 15) is 0 Å².